The fourth-order valence-electron chi connectivity index (χ4n) is 5.63. The summed E-state index contributed by atoms with van der Waals surface area (Å²) in [5, 5.41) is 0. The standard InChI is InChI=1S/C32H40F6O6/c1-29(2,3)15-23-20-12-8-10-14-22(20)27(42-26(23)40-18-32(36,37)38)43-44-28-24(16-30(4,5)6)19-11-7-9-13-21(19)25(41-28)39-17-31(33,34)35/h7-14,23-28H,15-18H2,1-6H3. The van der Waals surface area contributed by atoms with Gasteiger partial charge in [0.1, 0.15) is 13.2 Å². The molecule has 12 heteroatoms. The van der Waals surface area contributed by atoms with Crippen LogP contribution in [-0.4, -0.2) is 38.1 Å². The minimum Gasteiger partial charge on any atom is -0.342 e. The second-order valence-corrected chi connectivity index (χ2v) is 13.7. The molecule has 2 aromatic carbocycles. The zero-order valence-corrected chi connectivity index (χ0v) is 25.6. The van der Waals surface area contributed by atoms with Crippen LogP contribution in [0.15, 0.2) is 48.5 Å². The van der Waals surface area contributed by atoms with Gasteiger partial charge in [0.2, 0.25) is 12.6 Å². The molecule has 2 heterocycles. The quantitative estimate of drug-likeness (QED) is 0.156. The molecule has 0 saturated carbocycles. The lowest BCUT2D eigenvalue weighted by molar-refractivity contribution is -0.473. The van der Waals surface area contributed by atoms with Gasteiger partial charge in [-0.3, -0.25) is 0 Å². The Kier molecular flexibility index (Phi) is 10.4. The molecule has 44 heavy (non-hydrogen) atoms. The lowest BCUT2D eigenvalue weighted by atomic mass is 9.78. The molecule has 0 saturated heterocycles. The summed E-state index contributed by atoms with van der Waals surface area (Å²) in [5.74, 6) is -1.03. The monoisotopic (exact) mass is 634 g/mol. The van der Waals surface area contributed by atoms with E-state index in [0.717, 1.165) is 0 Å². The Bertz CT molecular complexity index is 1240. The zero-order valence-electron chi connectivity index (χ0n) is 25.6. The Hall–Kier alpha value is -2.22. The first kappa shape index (κ1) is 34.6. The Morgan fingerprint density at radius 3 is 1.43 bits per heavy atom. The molecule has 0 amide bonds. The smallest absolute Gasteiger partial charge is 0.342 e. The fraction of sp³-hybridized carbons (Fsp3) is 0.625. The van der Waals surface area contributed by atoms with Crippen LogP contribution in [0.4, 0.5) is 26.3 Å². The normalized spacial score (nSPS) is 26.3. The van der Waals surface area contributed by atoms with Crippen molar-refractivity contribution in [1.29, 1.82) is 0 Å². The molecular formula is C32H40F6O6. The number of ether oxygens (including phenoxy) is 4. The van der Waals surface area contributed by atoms with Crippen LogP contribution in [0.5, 0.6) is 0 Å². The van der Waals surface area contributed by atoms with Gasteiger partial charge >= 0.3 is 12.4 Å². The van der Waals surface area contributed by atoms with Crippen LogP contribution in [0.25, 0.3) is 0 Å². The number of hydrogen-bond donors (Lipinski definition) is 0. The van der Waals surface area contributed by atoms with E-state index in [0.29, 0.717) is 35.1 Å². The molecule has 2 aliphatic rings. The molecule has 2 aromatic rings. The van der Waals surface area contributed by atoms with E-state index in [-0.39, 0.29) is 10.8 Å². The maximum atomic E-state index is 13.2. The molecule has 246 valence electrons. The highest BCUT2D eigenvalue weighted by Gasteiger charge is 2.44. The summed E-state index contributed by atoms with van der Waals surface area (Å²) in [6.07, 6.45) is -13.5. The predicted octanol–water partition coefficient (Wildman–Crippen LogP) is 9.24. The van der Waals surface area contributed by atoms with Crippen LogP contribution >= 0.6 is 0 Å². The molecule has 0 aromatic heterocycles. The van der Waals surface area contributed by atoms with Gasteiger partial charge in [-0.05, 0) is 34.8 Å². The van der Waals surface area contributed by atoms with Gasteiger partial charge in [-0.1, -0.05) is 90.1 Å². The summed E-state index contributed by atoms with van der Waals surface area (Å²) in [6.45, 7) is 8.82. The number of halogens is 6. The fourth-order valence-corrected chi connectivity index (χ4v) is 5.63. The van der Waals surface area contributed by atoms with E-state index in [1.807, 2.05) is 41.5 Å². The van der Waals surface area contributed by atoms with Crippen molar-refractivity contribution < 1.29 is 55.1 Å². The summed E-state index contributed by atoms with van der Waals surface area (Å²) < 4.78 is 101. The van der Waals surface area contributed by atoms with Crippen LogP contribution in [-0.2, 0) is 28.7 Å². The number of fused-ring (bicyclic) bond motifs is 2. The van der Waals surface area contributed by atoms with Gasteiger partial charge in [0.25, 0.3) is 0 Å². The number of hydrogen-bond acceptors (Lipinski definition) is 6. The zero-order chi connectivity index (χ0) is 32.5. The average Bonchev–Trinajstić information content (AvgIpc) is 2.89. The molecule has 0 fully saturated rings. The van der Waals surface area contributed by atoms with Crippen molar-refractivity contribution in [3.8, 4) is 0 Å². The van der Waals surface area contributed by atoms with Crippen molar-refractivity contribution in [1.82, 2.24) is 0 Å². The first-order valence-corrected chi connectivity index (χ1v) is 14.5. The summed E-state index contributed by atoms with van der Waals surface area (Å²) in [7, 11) is 0. The highest BCUT2D eigenvalue weighted by molar-refractivity contribution is 5.35. The third kappa shape index (κ3) is 9.64. The highest BCUT2D eigenvalue weighted by Crippen LogP contribution is 2.48. The van der Waals surface area contributed by atoms with Gasteiger partial charge in [0.15, 0.2) is 12.6 Å². The van der Waals surface area contributed by atoms with Gasteiger partial charge in [-0.15, -0.1) is 0 Å². The molecule has 0 radical (unpaired) electrons. The van der Waals surface area contributed by atoms with Crippen molar-refractivity contribution in [2.45, 2.75) is 104 Å². The van der Waals surface area contributed by atoms with E-state index in [9.17, 15) is 26.3 Å². The summed E-state index contributed by atoms with van der Waals surface area (Å²) >= 11 is 0. The van der Waals surface area contributed by atoms with E-state index in [1.165, 1.54) is 0 Å². The molecule has 0 aliphatic carbocycles. The molecule has 6 atom stereocenters. The second-order valence-electron chi connectivity index (χ2n) is 13.7. The SMILES string of the molecule is CC(C)(C)CC1c2ccccc2C(OOC2OC(OCC(F)(F)F)c3ccccc3C2CC(C)(C)C)OC1OCC(F)(F)F. The van der Waals surface area contributed by atoms with E-state index in [4.69, 9.17) is 28.7 Å². The molecule has 6 unspecified atom stereocenters. The predicted molar refractivity (Wildman–Crippen MR) is 148 cm³/mol. The maximum Gasteiger partial charge on any atom is 0.411 e. The van der Waals surface area contributed by atoms with E-state index in [2.05, 4.69) is 0 Å². The van der Waals surface area contributed by atoms with E-state index >= 15 is 0 Å². The minimum absolute atomic E-state index is 0.257. The molecule has 6 nitrogen and oxygen atoms in total. The molecule has 0 N–H and O–H groups in total. The van der Waals surface area contributed by atoms with Crippen molar-refractivity contribution in [3.63, 3.8) is 0 Å². The lowest BCUT2D eigenvalue weighted by Gasteiger charge is -2.42. The van der Waals surface area contributed by atoms with Crippen LogP contribution in [0.1, 0.15) is 101 Å². The third-order valence-corrected chi connectivity index (χ3v) is 7.18. The van der Waals surface area contributed by atoms with Crippen molar-refractivity contribution >= 4 is 0 Å². The van der Waals surface area contributed by atoms with E-state index in [1.54, 1.807) is 48.5 Å². The summed E-state index contributed by atoms with van der Waals surface area (Å²) in [4.78, 5) is 11.6. The van der Waals surface area contributed by atoms with Crippen molar-refractivity contribution in [2.24, 2.45) is 10.8 Å². The Morgan fingerprint density at radius 2 is 0.955 bits per heavy atom. The molecule has 4 rings (SSSR count). The van der Waals surface area contributed by atoms with Gasteiger partial charge < -0.3 is 18.9 Å². The molecular weight excluding hydrogens is 594 g/mol. The lowest BCUT2D eigenvalue weighted by Crippen LogP contribution is -2.40. The van der Waals surface area contributed by atoms with Gasteiger partial charge in [-0.2, -0.15) is 31.2 Å². The van der Waals surface area contributed by atoms with Crippen molar-refractivity contribution in [2.75, 3.05) is 13.2 Å². The number of alkyl halides is 6. The maximum absolute atomic E-state index is 13.2. The van der Waals surface area contributed by atoms with Gasteiger partial charge in [0, 0.05) is 23.0 Å². The summed E-state index contributed by atoms with van der Waals surface area (Å²) in [6, 6.07) is 13.9. The Balaban J connectivity index is 1.63. The number of benzene rings is 2. The average molecular weight is 635 g/mol. The highest BCUT2D eigenvalue weighted by atomic mass is 19.4. The molecule has 2 aliphatic heterocycles. The summed E-state index contributed by atoms with van der Waals surface area (Å²) in [5.41, 5.74) is 1.79. The van der Waals surface area contributed by atoms with Gasteiger partial charge in [-0.25, -0.2) is 4.89 Å². The van der Waals surface area contributed by atoms with Crippen LogP contribution in [0.2, 0.25) is 0 Å². The Morgan fingerprint density at radius 1 is 0.545 bits per heavy atom. The van der Waals surface area contributed by atoms with Crippen LogP contribution in [0, 0.1) is 10.8 Å². The third-order valence-electron chi connectivity index (χ3n) is 7.18. The Labute approximate surface area is 253 Å². The minimum atomic E-state index is -4.60. The first-order chi connectivity index (χ1) is 20.3. The van der Waals surface area contributed by atoms with Crippen LogP contribution in [0.3, 0.4) is 0 Å². The number of rotatable bonds is 9. The first-order valence-electron chi connectivity index (χ1n) is 14.5. The topological polar surface area (TPSA) is 55.4 Å². The second kappa shape index (κ2) is 13.3. The van der Waals surface area contributed by atoms with E-state index < -0.39 is 62.6 Å². The molecule has 0 spiro atoms. The van der Waals surface area contributed by atoms with Crippen LogP contribution < -0.4 is 0 Å². The largest absolute Gasteiger partial charge is 0.411 e. The molecule has 0 bridgehead atoms. The van der Waals surface area contributed by atoms with Gasteiger partial charge in [0.05, 0.1) is 0 Å². The van der Waals surface area contributed by atoms with Crippen molar-refractivity contribution in [3.05, 3.63) is 70.8 Å².